The van der Waals surface area contributed by atoms with Crippen molar-refractivity contribution in [2.75, 3.05) is 42.4 Å². The second kappa shape index (κ2) is 20.1. The number of fused-ring (bicyclic) bond motifs is 5. The van der Waals surface area contributed by atoms with Crippen molar-refractivity contribution in [2.24, 2.45) is 41.4 Å². The Labute approximate surface area is 352 Å². The van der Waals surface area contributed by atoms with Crippen molar-refractivity contribution in [3.63, 3.8) is 0 Å². The van der Waals surface area contributed by atoms with Gasteiger partial charge in [-0.1, -0.05) is 37.3 Å². The van der Waals surface area contributed by atoms with Gasteiger partial charge < -0.3 is 48.1 Å². The van der Waals surface area contributed by atoms with E-state index in [4.69, 9.17) is 33.2 Å². The third-order valence-electron chi connectivity index (χ3n) is 14.3. The number of likely N-dealkylation sites (N-methyl/N-ethyl adjacent to an activating group) is 1. The Bertz CT molecular complexity index is 1550. The molecule has 1 amide bonds. The third-order valence-corrected chi connectivity index (χ3v) is 14.3. The van der Waals surface area contributed by atoms with Gasteiger partial charge in [0.05, 0.1) is 30.8 Å². The summed E-state index contributed by atoms with van der Waals surface area (Å²) in [5.74, 6) is -1.14. The molecule has 6 rings (SSSR count). The van der Waals surface area contributed by atoms with Gasteiger partial charge in [0.2, 0.25) is 5.91 Å². The number of carbonyl (C=O) groups is 3. The van der Waals surface area contributed by atoms with E-state index in [2.05, 4.69) is 44.1 Å². The molecular weight excluding hydrogens is 757 g/mol. The molecule has 1 saturated carbocycles. The average Bonchev–Trinajstić information content (AvgIpc) is 3.76. The van der Waals surface area contributed by atoms with Crippen LogP contribution in [-0.4, -0.2) is 142 Å². The Hall–Kier alpha value is -2.49. The van der Waals surface area contributed by atoms with Crippen LogP contribution in [0.15, 0.2) is 36.0 Å². The first-order chi connectivity index (χ1) is 28.1. The highest BCUT2D eigenvalue weighted by Crippen LogP contribution is 2.54. The normalized spacial score (nSPS) is 42.3. The lowest BCUT2D eigenvalue weighted by molar-refractivity contribution is -0.311. The van der Waals surface area contributed by atoms with Gasteiger partial charge in [0.1, 0.15) is 24.4 Å². The van der Waals surface area contributed by atoms with Crippen LogP contribution in [0.1, 0.15) is 85.5 Å². The molecule has 3 heterocycles. The van der Waals surface area contributed by atoms with E-state index in [1.165, 1.54) is 7.11 Å². The predicted molar refractivity (Wildman–Crippen MR) is 221 cm³/mol. The summed E-state index contributed by atoms with van der Waals surface area (Å²) in [7, 11) is 10.7. The van der Waals surface area contributed by atoms with E-state index in [1.54, 1.807) is 26.1 Å². The second-order valence-electron chi connectivity index (χ2n) is 18.5. The number of ether oxygens (including phenoxy) is 7. The first-order valence-corrected chi connectivity index (χ1v) is 22.1. The van der Waals surface area contributed by atoms with Gasteiger partial charge in [0.15, 0.2) is 18.4 Å². The molecular formula is C46H72N2O11. The molecule has 0 radical (unpaired) electrons. The van der Waals surface area contributed by atoms with Crippen LogP contribution < -0.4 is 0 Å². The van der Waals surface area contributed by atoms with Crippen LogP contribution in [0.2, 0.25) is 0 Å². The van der Waals surface area contributed by atoms with E-state index in [0.717, 1.165) is 25.7 Å². The Morgan fingerprint density at radius 1 is 0.932 bits per heavy atom. The number of Topliss-reactive ketones (excluding diaryl/α,β-unsaturated/α-hetero) is 1. The van der Waals surface area contributed by atoms with Crippen LogP contribution in [0.3, 0.4) is 0 Å². The minimum absolute atomic E-state index is 0.0164. The molecule has 4 fully saturated rings. The molecule has 13 heteroatoms. The fourth-order valence-electron chi connectivity index (χ4n) is 11.1. The fourth-order valence-corrected chi connectivity index (χ4v) is 11.1. The highest BCUT2D eigenvalue weighted by Gasteiger charge is 2.52. The molecule has 13 nitrogen and oxygen atoms in total. The summed E-state index contributed by atoms with van der Waals surface area (Å²) in [6, 6.07) is 0.286. The van der Waals surface area contributed by atoms with E-state index in [1.807, 2.05) is 32.9 Å². The average molecular weight is 829 g/mol. The van der Waals surface area contributed by atoms with Crippen molar-refractivity contribution in [1.82, 2.24) is 9.80 Å². The highest BCUT2D eigenvalue weighted by atomic mass is 16.7. The predicted octanol–water partition coefficient (Wildman–Crippen LogP) is 5.09. The topological polar surface area (TPSA) is 143 Å². The minimum atomic E-state index is -0.909. The molecule has 3 aliphatic heterocycles. The highest BCUT2D eigenvalue weighted by molar-refractivity contribution is 5.99. The number of hydrogen-bond donors (Lipinski definition) is 1. The van der Waals surface area contributed by atoms with Crippen LogP contribution in [0.5, 0.6) is 0 Å². The van der Waals surface area contributed by atoms with Crippen molar-refractivity contribution in [3.05, 3.63) is 36.0 Å². The number of allylic oxidation sites excluding steroid dienone is 5. The lowest BCUT2D eigenvalue weighted by Gasteiger charge is -2.42. The van der Waals surface area contributed by atoms with Crippen molar-refractivity contribution in [1.29, 1.82) is 0 Å². The minimum Gasteiger partial charge on any atom is -0.462 e. The summed E-state index contributed by atoms with van der Waals surface area (Å²) in [5.41, 5.74) is 0.681. The summed E-state index contributed by atoms with van der Waals surface area (Å²) in [4.78, 5) is 45.8. The fraction of sp³-hybridized carbons (Fsp3) is 0.804. The quantitative estimate of drug-likeness (QED) is 0.219. The SMILES string of the molecule is CC=CC(CC(=O)N(C)C)[C@H]1CCC[C@H](O[C@H]2CC[C@H](N(C)C)[C@@H](C)O2)[C@@H](C)C(=O)C2=CC3C(C=CC4C[C@@H](O[C@@H]5O[C@@H](C)[C@H](OC)[C@@H](O)[C@H]5OC)CC43)C2CC(=O)O1. The number of aliphatic hydroxyl groups is 1. The van der Waals surface area contributed by atoms with Crippen molar-refractivity contribution < 1.29 is 52.6 Å². The van der Waals surface area contributed by atoms with Crippen LogP contribution >= 0.6 is 0 Å². The van der Waals surface area contributed by atoms with Gasteiger partial charge in [0.25, 0.3) is 0 Å². The maximum absolute atomic E-state index is 14.9. The van der Waals surface area contributed by atoms with Gasteiger partial charge in [0, 0.05) is 58.5 Å². The number of cyclic esters (lactones) is 1. The molecule has 0 aromatic rings. The molecule has 3 saturated heterocycles. The molecule has 0 aromatic heterocycles. The van der Waals surface area contributed by atoms with Gasteiger partial charge in [-0.2, -0.15) is 0 Å². The van der Waals surface area contributed by atoms with Crippen LogP contribution in [0, 0.1) is 41.4 Å². The Morgan fingerprint density at radius 2 is 1.68 bits per heavy atom. The van der Waals surface area contributed by atoms with E-state index in [0.29, 0.717) is 24.8 Å². The van der Waals surface area contributed by atoms with Crippen molar-refractivity contribution in [3.8, 4) is 0 Å². The van der Waals surface area contributed by atoms with E-state index in [9.17, 15) is 19.5 Å². The Morgan fingerprint density at radius 3 is 2.34 bits per heavy atom. The largest absolute Gasteiger partial charge is 0.462 e. The first kappa shape index (κ1) is 46.0. The Kier molecular flexibility index (Phi) is 15.7. The summed E-state index contributed by atoms with van der Waals surface area (Å²) in [6.45, 7) is 7.84. The summed E-state index contributed by atoms with van der Waals surface area (Å²) in [6.07, 6.45) is 10.9. The third kappa shape index (κ3) is 10.3. The number of rotatable bonds is 11. The number of esters is 1. The summed E-state index contributed by atoms with van der Waals surface area (Å²) < 4.78 is 43.6. The van der Waals surface area contributed by atoms with Gasteiger partial charge in [-0.15, -0.1) is 0 Å². The first-order valence-electron chi connectivity index (χ1n) is 22.1. The van der Waals surface area contributed by atoms with Crippen LogP contribution in [-0.2, 0) is 47.5 Å². The molecule has 0 spiro atoms. The van der Waals surface area contributed by atoms with Crippen molar-refractivity contribution >= 4 is 17.7 Å². The molecule has 1 N–H and O–H groups in total. The van der Waals surface area contributed by atoms with Gasteiger partial charge in [-0.3, -0.25) is 14.4 Å². The molecule has 0 bridgehead atoms. The zero-order valence-electron chi connectivity index (χ0n) is 37.1. The smallest absolute Gasteiger partial charge is 0.306 e. The number of ketones is 1. The number of aliphatic hydroxyl groups excluding tert-OH is 1. The summed E-state index contributed by atoms with van der Waals surface area (Å²) >= 11 is 0. The molecule has 332 valence electrons. The van der Waals surface area contributed by atoms with Crippen molar-refractivity contribution in [2.45, 2.75) is 153 Å². The summed E-state index contributed by atoms with van der Waals surface area (Å²) in [5, 5.41) is 11.0. The number of carbonyl (C=O) groups excluding carboxylic acids is 3. The van der Waals surface area contributed by atoms with Gasteiger partial charge >= 0.3 is 5.97 Å². The maximum atomic E-state index is 14.9. The molecule has 6 unspecified atom stereocenters. The van der Waals surface area contributed by atoms with Gasteiger partial charge in [-0.25, -0.2) is 0 Å². The molecule has 3 aliphatic carbocycles. The molecule has 0 aromatic carbocycles. The lowest BCUT2D eigenvalue weighted by Crippen LogP contribution is -2.59. The van der Waals surface area contributed by atoms with E-state index >= 15 is 0 Å². The molecule has 59 heavy (non-hydrogen) atoms. The van der Waals surface area contributed by atoms with E-state index < -0.39 is 49.0 Å². The van der Waals surface area contributed by atoms with Crippen LogP contribution in [0.25, 0.3) is 0 Å². The van der Waals surface area contributed by atoms with Crippen LogP contribution in [0.4, 0.5) is 0 Å². The van der Waals surface area contributed by atoms with Gasteiger partial charge in [-0.05, 0) is 109 Å². The number of methoxy groups -OCH3 is 2. The zero-order valence-corrected chi connectivity index (χ0v) is 37.1. The number of amides is 1. The zero-order chi connectivity index (χ0) is 42.7. The second-order valence-corrected chi connectivity index (χ2v) is 18.5. The monoisotopic (exact) mass is 829 g/mol. The van der Waals surface area contributed by atoms with E-state index in [-0.39, 0.29) is 90.4 Å². The maximum Gasteiger partial charge on any atom is 0.306 e. The molecule has 6 aliphatic rings. The number of nitrogens with zero attached hydrogens (tertiary/aromatic N) is 2. The molecule has 18 atom stereocenters. The lowest BCUT2D eigenvalue weighted by atomic mass is 9.70. The Balaban J connectivity index is 1.26. The number of hydrogen-bond acceptors (Lipinski definition) is 12. The standard InChI is InChI=1S/C46H72N2O11/c1-11-13-29(21-39(49)48(7)8)38-15-12-14-37(59-41-19-18-36(47(5)6)26(3)55-41)25(2)42(51)35-23-33-31(34(35)24-40(50)58-38)17-16-28-20-30(22-32(28)33)57-46-45(54-10)43(52)44(53-9)27(4)56-46/h11,13,16-17,23,25-34,36-38,41,43-46,52H,12,14-15,18-22,24H2,1-10H3/t25-,26-,27+,28?,29?,30-,31?,32?,33?,34?,36+,37+,38-,41+,43-,44+,45-,46+/m1/s1.